The average Bonchev–Trinajstić information content (AvgIpc) is 3.28. The van der Waals surface area contributed by atoms with Gasteiger partial charge in [-0.05, 0) is 70.6 Å². The van der Waals surface area contributed by atoms with E-state index in [-0.39, 0.29) is 24.9 Å². The van der Waals surface area contributed by atoms with Gasteiger partial charge in [-0.25, -0.2) is 0 Å². The van der Waals surface area contributed by atoms with Gasteiger partial charge in [0.2, 0.25) is 5.91 Å². The number of carbonyl (C=O) groups excluding carboxylic acids is 2. The van der Waals surface area contributed by atoms with Crippen LogP contribution in [0.1, 0.15) is 239 Å². The van der Waals surface area contributed by atoms with Gasteiger partial charge < -0.3 is 20.3 Å². The molecule has 0 bridgehead atoms. The molecule has 0 fully saturated rings. The van der Waals surface area contributed by atoms with Crippen LogP contribution < -0.4 is 5.32 Å². The number of allylic oxidation sites excluding steroid dienone is 14. The van der Waals surface area contributed by atoms with Crippen molar-refractivity contribution in [2.45, 2.75) is 257 Å². The third-order valence-electron chi connectivity index (χ3n) is 11.6. The van der Waals surface area contributed by atoms with Gasteiger partial charge in [0.1, 0.15) is 6.10 Å². The van der Waals surface area contributed by atoms with Gasteiger partial charge in [-0.2, -0.15) is 0 Å². The predicted octanol–water partition coefficient (Wildman–Crippen LogP) is 16.0. The number of aliphatic hydroxyl groups is 2. The molecule has 0 aliphatic heterocycles. The molecule has 362 valence electrons. The van der Waals surface area contributed by atoms with Crippen molar-refractivity contribution in [3.8, 4) is 0 Å². The second-order valence-corrected chi connectivity index (χ2v) is 17.7. The maximum absolute atomic E-state index is 13.2. The van der Waals surface area contributed by atoms with Crippen molar-refractivity contribution < 1.29 is 24.5 Å². The van der Waals surface area contributed by atoms with E-state index >= 15 is 0 Å². The fraction of sp³-hybridized carbons (Fsp3) is 0.719. The van der Waals surface area contributed by atoms with Gasteiger partial charge in [0.15, 0.2) is 0 Å². The quantitative estimate of drug-likeness (QED) is 0.0245. The van der Waals surface area contributed by atoms with Crippen molar-refractivity contribution in [2.75, 3.05) is 6.61 Å². The minimum Gasteiger partial charge on any atom is -0.462 e. The Morgan fingerprint density at radius 3 is 1.48 bits per heavy atom. The van der Waals surface area contributed by atoms with Crippen LogP contribution >= 0.6 is 0 Å². The lowest BCUT2D eigenvalue weighted by atomic mass is 10.0. The molecule has 0 aliphatic carbocycles. The summed E-state index contributed by atoms with van der Waals surface area (Å²) in [6, 6.07) is -0.729. The minimum atomic E-state index is -0.810. The standard InChI is InChI=1S/C57H99NO5/c1-4-7-10-13-16-19-22-25-26-27-28-29-30-32-35-38-41-44-47-50-57(62)63-53(48-45-42-39-36-33-31-23-20-17-14-11-8-5-2)51-56(61)58-54(52-59)55(60)49-46-43-40-37-34-24-21-18-15-12-9-6-3/h8,11,14,16-17,19-20,23,25-26,31,33,36,39,53-55,59-60H,4-7,9-10,12-13,15,18,21-22,24,27-30,32,34-35,37-38,40-52H2,1-3H3,(H,58,61)/b11-8+,17-14+,19-16-,23-20-,26-25-,33-31-,39-36+. The highest BCUT2D eigenvalue weighted by molar-refractivity contribution is 5.77. The van der Waals surface area contributed by atoms with Crippen molar-refractivity contribution in [3.63, 3.8) is 0 Å². The maximum Gasteiger partial charge on any atom is 0.306 e. The number of rotatable bonds is 46. The minimum absolute atomic E-state index is 0.0236. The Kier molecular flexibility index (Phi) is 47.7. The third kappa shape index (κ3) is 45.4. The molecule has 0 saturated carbocycles. The molecule has 0 saturated heterocycles. The summed E-state index contributed by atoms with van der Waals surface area (Å²) in [7, 11) is 0. The zero-order valence-corrected chi connectivity index (χ0v) is 41.2. The van der Waals surface area contributed by atoms with E-state index in [2.05, 4.69) is 62.5 Å². The lowest BCUT2D eigenvalue weighted by Crippen LogP contribution is -2.46. The van der Waals surface area contributed by atoms with Gasteiger partial charge in [-0.15, -0.1) is 0 Å². The number of esters is 1. The SMILES string of the molecule is CC/C=C/C=C/C=C\C=C/C=C/CCCC(CC(=O)NC(CO)C(O)CCCCCCCCCCCCCC)OC(=O)CCCCCCCCCCC/C=C\C/C=C\CCCCC. The molecule has 6 nitrogen and oxygen atoms in total. The van der Waals surface area contributed by atoms with Gasteiger partial charge in [-0.3, -0.25) is 9.59 Å². The Labute approximate surface area is 389 Å². The molecule has 3 unspecified atom stereocenters. The topological polar surface area (TPSA) is 95.9 Å². The van der Waals surface area contributed by atoms with Gasteiger partial charge in [-0.1, -0.05) is 241 Å². The number of aliphatic hydroxyl groups excluding tert-OH is 2. The number of carbonyl (C=O) groups is 2. The molecule has 63 heavy (non-hydrogen) atoms. The molecule has 0 heterocycles. The summed E-state index contributed by atoms with van der Waals surface area (Å²) in [5, 5.41) is 23.7. The van der Waals surface area contributed by atoms with Crippen molar-refractivity contribution in [2.24, 2.45) is 0 Å². The van der Waals surface area contributed by atoms with Crippen LogP contribution in [-0.2, 0) is 14.3 Å². The first-order valence-corrected chi connectivity index (χ1v) is 26.4. The van der Waals surface area contributed by atoms with Gasteiger partial charge in [0.25, 0.3) is 0 Å². The molecular formula is C57H99NO5. The number of hydrogen-bond acceptors (Lipinski definition) is 5. The van der Waals surface area contributed by atoms with E-state index in [9.17, 15) is 19.8 Å². The molecule has 3 atom stereocenters. The smallest absolute Gasteiger partial charge is 0.306 e. The largest absolute Gasteiger partial charge is 0.462 e. The normalized spacial score (nSPS) is 13.9. The number of ether oxygens (including phenoxy) is 1. The number of unbranched alkanes of at least 4 members (excludes halogenated alkanes) is 24. The van der Waals surface area contributed by atoms with Crippen LogP contribution in [0.25, 0.3) is 0 Å². The molecular weight excluding hydrogens is 779 g/mol. The monoisotopic (exact) mass is 878 g/mol. The van der Waals surface area contributed by atoms with E-state index in [0.29, 0.717) is 19.3 Å². The second-order valence-electron chi connectivity index (χ2n) is 17.7. The highest BCUT2D eigenvalue weighted by Crippen LogP contribution is 2.17. The molecule has 0 spiro atoms. The molecule has 3 N–H and O–H groups in total. The Hall–Kier alpha value is -2.96. The first-order valence-electron chi connectivity index (χ1n) is 26.4. The second kappa shape index (κ2) is 50.0. The number of amides is 1. The molecule has 0 aromatic carbocycles. The summed E-state index contributed by atoms with van der Waals surface area (Å²) in [4.78, 5) is 26.1. The van der Waals surface area contributed by atoms with Crippen LogP contribution in [0.2, 0.25) is 0 Å². The van der Waals surface area contributed by atoms with Crippen LogP contribution in [0, 0.1) is 0 Å². The van der Waals surface area contributed by atoms with Crippen molar-refractivity contribution >= 4 is 11.9 Å². The predicted molar refractivity (Wildman–Crippen MR) is 273 cm³/mol. The lowest BCUT2D eigenvalue weighted by molar-refractivity contribution is -0.151. The summed E-state index contributed by atoms with van der Waals surface area (Å²) in [5.41, 5.74) is 0. The third-order valence-corrected chi connectivity index (χ3v) is 11.6. The Balaban J connectivity index is 4.63. The van der Waals surface area contributed by atoms with Crippen LogP contribution in [0.3, 0.4) is 0 Å². The molecule has 0 aromatic rings. The van der Waals surface area contributed by atoms with Crippen LogP contribution in [0.5, 0.6) is 0 Å². The number of nitrogens with one attached hydrogen (secondary N) is 1. The Bertz CT molecular complexity index is 1210. The van der Waals surface area contributed by atoms with E-state index in [4.69, 9.17) is 4.74 Å². The van der Waals surface area contributed by atoms with E-state index in [1.807, 2.05) is 48.6 Å². The summed E-state index contributed by atoms with van der Waals surface area (Å²) >= 11 is 0. The molecule has 6 heteroatoms. The highest BCUT2D eigenvalue weighted by atomic mass is 16.5. The first kappa shape index (κ1) is 60.0. The average molecular weight is 878 g/mol. The van der Waals surface area contributed by atoms with E-state index in [1.54, 1.807) is 0 Å². The van der Waals surface area contributed by atoms with E-state index in [0.717, 1.165) is 64.2 Å². The molecule has 0 aliphatic rings. The summed E-state index contributed by atoms with van der Waals surface area (Å²) < 4.78 is 5.90. The summed E-state index contributed by atoms with van der Waals surface area (Å²) in [6.45, 7) is 6.29. The highest BCUT2D eigenvalue weighted by Gasteiger charge is 2.24. The van der Waals surface area contributed by atoms with Crippen LogP contribution in [0.4, 0.5) is 0 Å². The van der Waals surface area contributed by atoms with Gasteiger partial charge in [0, 0.05) is 6.42 Å². The Morgan fingerprint density at radius 2 is 0.937 bits per heavy atom. The fourth-order valence-electron chi connectivity index (χ4n) is 7.60. The Morgan fingerprint density at radius 1 is 0.492 bits per heavy atom. The van der Waals surface area contributed by atoms with E-state index in [1.165, 1.54) is 128 Å². The molecule has 0 rings (SSSR count). The van der Waals surface area contributed by atoms with Crippen LogP contribution in [0.15, 0.2) is 85.1 Å². The lowest BCUT2D eigenvalue weighted by Gasteiger charge is -2.24. The van der Waals surface area contributed by atoms with Crippen molar-refractivity contribution in [1.82, 2.24) is 5.32 Å². The van der Waals surface area contributed by atoms with E-state index < -0.39 is 18.2 Å². The molecule has 1 amide bonds. The zero-order valence-electron chi connectivity index (χ0n) is 41.2. The van der Waals surface area contributed by atoms with Gasteiger partial charge >= 0.3 is 5.97 Å². The fourth-order valence-corrected chi connectivity index (χ4v) is 7.60. The summed E-state index contributed by atoms with van der Waals surface area (Å²) in [5.74, 6) is -0.553. The maximum atomic E-state index is 13.2. The molecule has 0 aromatic heterocycles. The van der Waals surface area contributed by atoms with Crippen LogP contribution in [-0.4, -0.2) is 46.9 Å². The van der Waals surface area contributed by atoms with Gasteiger partial charge in [0.05, 0.1) is 25.2 Å². The number of hydrogen-bond donors (Lipinski definition) is 3. The van der Waals surface area contributed by atoms with Crippen molar-refractivity contribution in [1.29, 1.82) is 0 Å². The first-order chi connectivity index (χ1) is 31.0. The summed E-state index contributed by atoms with van der Waals surface area (Å²) in [6.07, 6.45) is 65.1. The zero-order chi connectivity index (χ0) is 45.9. The molecule has 0 radical (unpaired) electrons. The van der Waals surface area contributed by atoms with Crippen molar-refractivity contribution in [3.05, 3.63) is 85.1 Å².